The van der Waals surface area contributed by atoms with Gasteiger partial charge >= 0.3 is 0 Å². The number of hydrogen-bond acceptors (Lipinski definition) is 5. The van der Waals surface area contributed by atoms with E-state index in [0.29, 0.717) is 29.0 Å². The Morgan fingerprint density at radius 2 is 1.81 bits per heavy atom. The van der Waals surface area contributed by atoms with E-state index in [1.807, 2.05) is 4.57 Å². The fourth-order valence-corrected chi connectivity index (χ4v) is 4.24. The molecular formula is C22H22F2N4O2S. The average molecular weight is 445 g/mol. The molecule has 4 rings (SSSR count). The van der Waals surface area contributed by atoms with Gasteiger partial charge in [-0.3, -0.25) is 9.36 Å². The topological polar surface area (TPSA) is 69.0 Å². The van der Waals surface area contributed by atoms with Crippen molar-refractivity contribution in [3.05, 3.63) is 60.2 Å². The van der Waals surface area contributed by atoms with Gasteiger partial charge in [0.25, 0.3) is 0 Å². The third kappa shape index (κ3) is 5.68. The normalized spacial score (nSPS) is 15.9. The third-order valence-electron chi connectivity index (χ3n) is 4.92. The van der Waals surface area contributed by atoms with Crippen molar-refractivity contribution in [2.75, 3.05) is 17.7 Å². The lowest BCUT2D eigenvalue weighted by Crippen LogP contribution is -2.17. The zero-order valence-electron chi connectivity index (χ0n) is 16.8. The molecule has 3 aromatic rings. The van der Waals surface area contributed by atoms with Gasteiger partial charge in [0.2, 0.25) is 5.91 Å². The number of anilines is 1. The lowest BCUT2D eigenvalue weighted by molar-refractivity contribution is -0.115. The van der Waals surface area contributed by atoms with Gasteiger partial charge in [0, 0.05) is 30.0 Å². The Morgan fingerprint density at radius 3 is 2.48 bits per heavy atom. The fraction of sp³-hybridized carbons (Fsp3) is 0.318. The number of ether oxygens (including phenoxy) is 1. The van der Waals surface area contributed by atoms with Crippen molar-refractivity contribution in [3.8, 4) is 11.4 Å². The first-order chi connectivity index (χ1) is 15.1. The van der Waals surface area contributed by atoms with Crippen LogP contribution in [0.25, 0.3) is 11.4 Å². The minimum Gasteiger partial charge on any atom is -0.376 e. The molecule has 0 spiro atoms. The fourth-order valence-electron chi connectivity index (χ4n) is 3.36. The number of nitrogens with zero attached hydrogens (tertiary/aromatic N) is 3. The molecule has 0 radical (unpaired) electrons. The first kappa shape index (κ1) is 21.5. The summed E-state index contributed by atoms with van der Waals surface area (Å²) in [5.74, 6) is 0.323. The zero-order chi connectivity index (χ0) is 21.6. The molecule has 1 aliphatic heterocycles. The van der Waals surface area contributed by atoms with Crippen LogP contribution in [0.2, 0.25) is 0 Å². The van der Waals surface area contributed by atoms with Crippen LogP contribution in [0, 0.1) is 11.6 Å². The Bertz CT molecular complexity index is 1020. The predicted molar refractivity (Wildman–Crippen MR) is 115 cm³/mol. The molecule has 1 fully saturated rings. The van der Waals surface area contributed by atoms with Crippen molar-refractivity contribution < 1.29 is 18.3 Å². The zero-order valence-corrected chi connectivity index (χ0v) is 17.6. The molecule has 2 aromatic carbocycles. The Kier molecular flexibility index (Phi) is 6.93. The largest absolute Gasteiger partial charge is 0.376 e. The molecule has 2 heterocycles. The molecule has 1 N–H and O–H groups in total. The SMILES string of the molecule is O=C(CCSc1nnc(-c2ccc(F)cc2)n1CC1CCCO1)Nc1ccc(F)cc1. The van der Waals surface area contributed by atoms with E-state index in [-0.39, 0.29) is 30.1 Å². The van der Waals surface area contributed by atoms with Crippen LogP contribution in [0.4, 0.5) is 14.5 Å². The maximum atomic E-state index is 13.3. The Hall–Kier alpha value is -2.78. The summed E-state index contributed by atoms with van der Waals surface area (Å²) in [6, 6.07) is 11.8. The quantitative estimate of drug-likeness (QED) is 0.517. The maximum Gasteiger partial charge on any atom is 0.225 e. The standard InChI is InChI=1S/C22H22F2N4O2S/c23-16-5-3-15(4-6-16)21-26-27-22(28(21)14-19-2-1-12-30-19)31-13-11-20(29)25-18-9-7-17(24)8-10-18/h3-10,19H,1-2,11-14H2,(H,25,29). The summed E-state index contributed by atoms with van der Waals surface area (Å²) in [5, 5.41) is 12.0. The van der Waals surface area contributed by atoms with Crippen LogP contribution in [0.3, 0.4) is 0 Å². The van der Waals surface area contributed by atoms with Crippen molar-refractivity contribution in [1.82, 2.24) is 14.8 Å². The van der Waals surface area contributed by atoms with Crippen LogP contribution < -0.4 is 5.32 Å². The van der Waals surface area contributed by atoms with E-state index in [4.69, 9.17) is 4.74 Å². The third-order valence-corrected chi connectivity index (χ3v) is 5.89. The Morgan fingerprint density at radius 1 is 1.10 bits per heavy atom. The first-order valence-corrected chi connectivity index (χ1v) is 11.1. The predicted octanol–water partition coefficient (Wildman–Crippen LogP) is 4.52. The van der Waals surface area contributed by atoms with Crippen LogP contribution in [-0.4, -0.2) is 39.1 Å². The second-order valence-corrected chi connectivity index (χ2v) is 8.27. The molecule has 162 valence electrons. The summed E-state index contributed by atoms with van der Waals surface area (Å²) in [5.41, 5.74) is 1.32. The monoisotopic (exact) mass is 444 g/mol. The van der Waals surface area contributed by atoms with Gasteiger partial charge in [0.1, 0.15) is 11.6 Å². The molecule has 6 nitrogen and oxygen atoms in total. The van der Waals surface area contributed by atoms with Gasteiger partial charge in [-0.2, -0.15) is 0 Å². The van der Waals surface area contributed by atoms with Crippen molar-refractivity contribution in [3.63, 3.8) is 0 Å². The van der Waals surface area contributed by atoms with Gasteiger partial charge in [-0.25, -0.2) is 8.78 Å². The van der Waals surface area contributed by atoms with Crippen LogP contribution >= 0.6 is 11.8 Å². The summed E-state index contributed by atoms with van der Waals surface area (Å²) >= 11 is 1.43. The van der Waals surface area contributed by atoms with Crippen LogP contribution in [0.1, 0.15) is 19.3 Å². The molecule has 1 amide bonds. The van der Waals surface area contributed by atoms with E-state index in [2.05, 4.69) is 15.5 Å². The van der Waals surface area contributed by atoms with E-state index in [1.165, 1.54) is 48.2 Å². The molecule has 1 unspecified atom stereocenters. The number of rotatable bonds is 8. The second-order valence-electron chi connectivity index (χ2n) is 7.21. The highest BCUT2D eigenvalue weighted by atomic mass is 32.2. The summed E-state index contributed by atoms with van der Waals surface area (Å²) in [6.07, 6.45) is 2.33. The molecule has 31 heavy (non-hydrogen) atoms. The summed E-state index contributed by atoms with van der Waals surface area (Å²) in [6.45, 7) is 1.34. The van der Waals surface area contributed by atoms with Gasteiger partial charge in [-0.1, -0.05) is 11.8 Å². The average Bonchev–Trinajstić information content (AvgIpc) is 3.41. The summed E-state index contributed by atoms with van der Waals surface area (Å²) in [7, 11) is 0. The molecule has 0 aliphatic carbocycles. The Labute approximate surface area is 183 Å². The highest BCUT2D eigenvalue weighted by molar-refractivity contribution is 7.99. The number of thioether (sulfide) groups is 1. The number of aromatic nitrogens is 3. The van der Waals surface area contributed by atoms with Gasteiger partial charge in [-0.15, -0.1) is 10.2 Å². The molecule has 9 heteroatoms. The molecule has 0 saturated carbocycles. The summed E-state index contributed by atoms with van der Waals surface area (Å²) < 4.78 is 34.1. The van der Waals surface area contributed by atoms with E-state index in [1.54, 1.807) is 12.1 Å². The van der Waals surface area contributed by atoms with Crippen LogP contribution in [0.15, 0.2) is 53.7 Å². The molecular weight excluding hydrogens is 422 g/mol. The van der Waals surface area contributed by atoms with E-state index < -0.39 is 0 Å². The van der Waals surface area contributed by atoms with Gasteiger partial charge < -0.3 is 10.1 Å². The Balaban J connectivity index is 1.42. The molecule has 1 aromatic heterocycles. The van der Waals surface area contributed by atoms with E-state index >= 15 is 0 Å². The minimum atomic E-state index is -0.351. The van der Waals surface area contributed by atoms with Crippen LogP contribution in [0.5, 0.6) is 0 Å². The number of halogens is 2. The van der Waals surface area contributed by atoms with Crippen molar-refractivity contribution in [2.45, 2.75) is 37.1 Å². The lowest BCUT2D eigenvalue weighted by atomic mass is 10.2. The second kappa shape index (κ2) is 10.0. The van der Waals surface area contributed by atoms with Gasteiger partial charge in [0.05, 0.1) is 12.6 Å². The molecule has 1 saturated heterocycles. The number of nitrogens with one attached hydrogen (secondary N) is 1. The molecule has 1 atom stereocenters. The summed E-state index contributed by atoms with van der Waals surface area (Å²) in [4.78, 5) is 12.2. The van der Waals surface area contributed by atoms with Crippen molar-refractivity contribution >= 4 is 23.4 Å². The lowest BCUT2D eigenvalue weighted by Gasteiger charge is -2.14. The highest BCUT2D eigenvalue weighted by Crippen LogP contribution is 2.27. The number of carbonyl (C=O) groups excluding carboxylic acids is 1. The number of benzene rings is 2. The molecule has 1 aliphatic rings. The van der Waals surface area contributed by atoms with Crippen LogP contribution in [-0.2, 0) is 16.1 Å². The first-order valence-electron chi connectivity index (χ1n) is 10.1. The van der Waals surface area contributed by atoms with Gasteiger partial charge in [-0.05, 0) is 61.4 Å². The van der Waals surface area contributed by atoms with E-state index in [0.717, 1.165) is 25.0 Å². The number of carbonyl (C=O) groups is 1. The number of hydrogen-bond donors (Lipinski definition) is 1. The van der Waals surface area contributed by atoms with E-state index in [9.17, 15) is 13.6 Å². The smallest absolute Gasteiger partial charge is 0.225 e. The minimum absolute atomic E-state index is 0.0799. The molecule has 0 bridgehead atoms. The van der Waals surface area contributed by atoms with Crippen molar-refractivity contribution in [1.29, 1.82) is 0 Å². The number of amides is 1. The highest BCUT2D eigenvalue weighted by Gasteiger charge is 2.22. The maximum absolute atomic E-state index is 13.3. The van der Waals surface area contributed by atoms with Gasteiger partial charge in [0.15, 0.2) is 11.0 Å². The van der Waals surface area contributed by atoms with Crippen molar-refractivity contribution in [2.24, 2.45) is 0 Å².